The Morgan fingerprint density at radius 3 is 1.91 bits per heavy atom. The highest BCUT2D eigenvalue weighted by atomic mass is 31.2. The molecule has 0 aromatic heterocycles. The fourth-order valence-corrected chi connectivity index (χ4v) is 4.40. The van der Waals surface area contributed by atoms with Crippen LogP contribution in [-0.2, 0) is 9.09 Å². The van der Waals surface area contributed by atoms with E-state index in [1.165, 1.54) is 12.4 Å². The van der Waals surface area contributed by atoms with Crippen molar-refractivity contribution in [2.24, 2.45) is 0 Å². The van der Waals surface area contributed by atoms with E-state index in [2.05, 4.69) is 54.4 Å². The highest BCUT2D eigenvalue weighted by Gasteiger charge is 2.23. The number of hydrogen-bond acceptors (Lipinski definition) is 5. The Labute approximate surface area is 199 Å². The summed E-state index contributed by atoms with van der Waals surface area (Å²) in [5.74, 6) is 1.98. The molecule has 1 atom stereocenters. The molecule has 0 bridgehead atoms. The molecule has 2 rings (SSSR count). The molecule has 33 heavy (non-hydrogen) atoms. The van der Waals surface area contributed by atoms with E-state index in [4.69, 9.17) is 18.5 Å². The molecule has 0 radical (unpaired) electrons. The van der Waals surface area contributed by atoms with Crippen LogP contribution in [0.2, 0.25) is 0 Å². The number of hydrogen-bond donors (Lipinski definition) is 0. The van der Waals surface area contributed by atoms with Crippen LogP contribution in [0.25, 0.3) is 0 Å². The largest absolute Gasteiger partial charge is 0.493 e. The minimum absolute atomic E-state index is 0.193. The fraction of sp³-hybridized carbons (Fsp3) is 0.520. The molecular formula is C25H41N2O5P+2. The molecule has 0 spiro atoms. The lowest BCUT2D eigenvalue weighted by molar-refractivity contribution is 0.212. The summed E-state index contributed by atoms with van der Waals surface area (Å²) in [4.78, 5) is 0. The maximum atomic E-state index is 12.7. The third kappa shape index (κ3) is 9.38. The van der Waals surface area contributed by atoms with E-state index in [9.17, 15) is 4.57 Å². The van der Waals surface area contributed by atoms with Gasteiger partial charge in [-0.15, -0.1) is 0 Å². The lowest BCUT2D eigenvalue weighted by atomic mass is 10.2. The molecule has 8 heteroatoms. The van der Waals surface area contributed by atoms with Crippen LogP contribution in [-0.4, -0.2) is 68.3 Å². The molecular weight excluding hydrogens is 439 g/mol. The summed E-state index contributed by atoms with van der Waals surface area (Å²) in [7, 11) is 9.31. The third-order valence-electron chi connectivity index (χ3n) is 4.73. The molecule has 0 saturated heterocycles. The average molecular weight is 481 g/mol. The number of rotatable bonds is 12. The van der Waals surface area contributed by atoms with E-state index >= 15 is 0 Å². The maximum Gasteiger partial charge on any atom is 0.376 e. The molecule has 0 N–H and O–H groups in total. The van der Waals surface area contributed by atoms with Crippen LogP contribution in [0.3, 0.4) is 0 Å². The Hall–Kier alpha value is -2.05. The number of benzene rings is 2. The first-order valence-electron chi connectivity index (χ1n) is 11.3. The van der Waals surface area contributed by atoms with Gasteiger partial charge in [0.15, 0.2) is 0 Å². The lowest BCUT2D eigenvalue weighted by Gasteiger charge is -2.25. The molecule has 7 nitrogen and oxygen atoms in total. The summed E-state index contributed by atoms with van der Waals surface area (Å²) < 4.78 is 37.1. The standard InChI is InChI=1S/C25H41N2O5P/c1-20(2)31-33(9,28)32-25-18-22(27(6,7)8)17-24(19-25)30-15-11-14-29-23-13-10-12-21(16-23)26(3,4)5/h10,12-13,16-20H,11,14-15H2,1-9H3/q+2. The van der Waals surface area contributed by atoms with Gasteiger partial charge in [0.2, 0.25) is 0 Å². The van der Waals surface area contributed by atoms with Crippen molar-refractivity contribution < 1.29 is 23.1 Å². The number of nitrogens with zero attached hydrogens (tertiary/aromatic N) is 2. The molecule has 1 unspecified atom stereocenters. The zero-order valence-corrected chi connectivity index (χ0v) is 22.5. The molecule has 0 saturated carbocycles. The van der Waals surface area contributed by atoms with E-state index in [0.717, 1.165) is 22.3 Å². The van der Waals surface area contributed by atoms with Crippen LogP contribution in [0.1, 0.15) is 20.3 Å². The quantitative estimate of drug-likeness (QED) is 0.226. The highest BCUT2D eigenvalue weighted by Crippen LogP contribution is 2.47. The van der Waals surface area contributed by atoms with Crippen molar-refractivity contribution in [3.63, 3.8) is 0 Å². The number of quaternary nitrogens is 2. The molecule has 0 heterocycles. The van der Waals surface area contributed by atoms with Crippen molar-refractivity contribution in [1.29, 1.82) is 0 Å². The Kier molecular flexibility index (Phi) is 9.00. The van der Waals surface area contributed by atoms with Gasteiger partial charge < -0.3 is 14.0 Å². The Balaban J connectivity index is 2.00. The SMILES string of the molecule is CC(C)OP(C)(=O)Oc1cc(OCCCOc2cccc([N+](C)(C)C)c2)cc([N+](C)(C)C)c1. The van der Waals surface area contributed by atoms with Gasteiger partial charge >= 0.3 is 7.60 Å². The second kappa shape index (κ2) is 10.9. The zero-order chi connectivity index (χ0) is 24.9. The Bertz CT molecular complexity index is 964. The second-order valence-corrected chi connectivity index (χ2v) is 12.2. The Morgan fingerprint density at radius 2 is 1.33 bits per heavy atom. The number of ether oxygens (including phenoxy) is 2. The van der Waals surface area contributed by atoms with Gasteiger partial charge in [-0.25, -0.2) is 4.57 Å². The summed E-state index contributed by atoms with van der Waals surface area (Å²) in [6.07, 6.45) is 0.531. The van der Waals surface area contributed by atoms with Crippen molar-refractivity contribution in [3.05, 3.63) is 42.5 Å². The maximum absolute atomic E-state index is 12.7. The molecule has 184 valence electrons. The smallest absolute Gasteiger partial charge is 0.376 e. The van der Waals surface area contributed by atoms with Crippen molar-refractivity contribution >= 4 is 19.0 Å². The normalized spacial score (nSPS) is 14.1. The zero-order valence-electron chi connectivity index (χ0n) is 21.6. The van der Waals surface area contributed by atoms with Crippen LogP contribution in [0, 0.1) is 0 Å². The molecule has 2 aromatic carbocycles. The highest BCUT2D eigenvalue weighted by molar-refractivity contribution is 7.53. The summed E-state index contributed by atoms with van der Waals surface area (Å²) in [6, 6.07) is 13.7. The summed E-state index contributed by atoms with van der Waals surface area (Å²) in [5, 5.41) is 0. The second-order valence-electron chi connectivity index (χ2n) is 10.3. The van der Waals surface area contributed by atoms with Gasteiger partial charge in [-0.1, -0.05) is 6.07 Å². The molecule has 0 fully saturated rings. The molecule has 0 aliphatic heterocycles. The monoisotopic (exact) mass is 480 g/mol. The van der Waals surface area contributed by atoms with Crippen LogP contribution >= 0.6 is 7.60 Å². The Morgan fingerprint density at radius 1 is 0.788 bits per heavy atom. The van der Waals surface area contributed by atoms with Crippen molar-refractivity contribution in [2.75, 3.05) is 62.2 Å². The van der Waals surface area contributed by atoms with E-state index < -0.39 is 7.60 Å². The van der Waals surface area contributed by atoms with Gasteiger partial charge in [0.25, 0.3) is 0 Å². The van der Waals surface area contributed by atoms with Crippen molar-refractivity contribution in [2.45, 2.75) is 26.4 Å². The first-order chi connectivity index (χ1) is 15.2. The van der Waals surface area contributed by atoms with Gasteiger partial charge in [0.1, 0.15) is 28.6 Å². The van der Waals surface area contributed by atoms with Gasteiger partial charge in [0.05, 0.1) is 61.6 Å². The topological polar surface area (TPSA) is 54.0 Å². The summed E-state index contributed by atoms with van der Waals surface area (Å²) in [5.41, 5.74) is 2.16. The van der Waals surface area contributed by atoms with Gasteiger partial charge in [0, 0.05) is 37.4 Å². The van der Waals surface area contributed by atoms with Crippen LogP contribution < -0.4 is 23.0 Å². The first-order valence-corrected chi connectivity index (χ1v) is 13.2. The van der Waals surface area contributed by atoms with Crippen LogP contribution in [0.5, 0.6) is 17.2 Å². The molecule has 2 aromatic rings. The average Bonchev–Trinajstić information content (AvgIpc) is 2.65. The van der Waals surface area contributed by atoms with E-state index in [-0.39, 0.29) is 6.10 Å². The predicted octanol–water partition coefficient (Wildman–Crippen LogP) is 5.55. The molecule has 0 aliphatic carbocycles. The summed E-state index contributed by atoms with van der Waals surface area (Å²) in [6.45, 7) is 6.18. The third-order valence-corrected chi connectivity index (χ3v) is 6.08. The molecule has 0 amide bonds. The van der Waals surface area contributed by atoms with Gasteiger partial charge in [-0.2, -0.15) is 0 Å². The minimum atomic E-state index is -3.23. The van der Waals surface area contributed by atoms with E-state index in [1.54, 1.807) is 6.07 Å². The van der Waals surface area contributed by atoms with Crippen molar-refractivity contribution in [1.82, 2.24) is 8.97 Å². The minimum Gasteiger partial charge on any atom is -0.493 e. The first kappa shape index (κ1) is 27.2. The van der Waals surface area contributed by atoms with E-state index in [0.29, 0.717) is 29.2 Å². The van der Waals surface area contributed by atoms with Crippen molar-refractivity contribution in [3.8, 4) is 17.2 Å². The lowest BCUT2D eigenvalue weighted by Crippen LogP contribution is -2.34. The fourth-order valence-electron chi connectivity index (χ4n) is 3.11. The summed E-state index contributed by atoms with van der Waals surface area (Å²) >= 11 is 0. The van der Waals surface area contributed by atoms with Crippen LogP contribution in [0.4, 0.5) is 11.4 Å². The van der Waals surface area contributed by atoms with Gasteiger partial charge in [-0.3, -0.25) is 13.5 Å². The van der Waals surface area contributed by atoms with E-state index in [1.807, 2.05) is 38.1 Å². The van der Waals surface area contributed by atoms with Gasteiger partial charge in [-0.05, 0) is 26.0 Å². The predicted molar refractivity (Wildman–Crippen MR) is 138 cm³/mol. The van der Waals surface area contributed by atoms with Crippen LogP contribution in [0.15, 0.2) is 42.5 Å². The molecule has 0 aliphatic rings.